The standard InChI is InChI=1S/C21H19F3N4O4/c22-21(23,24)20(30)32-19(29)18-16-5-4-13-11-26-8-6-15(13)17(16)27-28(18)9-2-7-25-12-14-3-1-10-31-14/h1,3,6,8,10-11,25H,2,4-5,7,9,12H2. The average molecular weight is 448 g/mol. The molecule has 0 amide bonds. The fraction of sp³-hybridized carbons (Fsp3) is 0.333. The van der Waals surface area contributed by atoms with Gasteiger partial charge in [-0.25, -0.2) is 9.59 Å². The van der Waals surface area contributed by atoms with Crippen molar-refractivity contribution in [2.24, 2.45) is 0 Å². The van der Waals surface area contributed by atoms with E-state index in [1.54, 1.807) is 30.8 Å². The van der Waals surface area contributed by atoms with Crippen LogP contribution in [-0.4, -0.2) is 39.4 Å². The summed E-state index contributed by atoms with van der Waals surface area (Å²) in [6, 6.07) is 5.34. The minimum Gasteiger partial charge on any atom is -0.468 e. The lowest BCUT2D eigenvalue weighted by Gasteiger charge is -2.15. The average Bonchev–Trinajstić information content (AvgIpc) is 3.40. The van der Waals surface area contributed by atoms with Gasteiger partial charge in [0.05, 0.1) is 18.5 Å². The molecular formula is C21H19F3N4O4. The maximum absolute atomic E-state index is 12.6. The third-order valence-corrected chi connectivity index (χ3v) is 5.07. The summed E-state index contributed by atoms with van der Waals surface area (Å²) in [7, 11) is 0. The first-order valence-electron chi connectivity index (χ1n) is 9.94. The number of halogens is 3. The van der Waals surface area contributed by atoms with Gasteiger partial charge in [-0.1, -0.05) is 0 Å². The highest BCUT2D eigenvalue weighted by Gasteiger charge is 2.43. The predicted octanol–water partition coefficient (Wildman–Crippen LogP) is 3.06. The van der Waals surface area contributed by atoms with Crippen LogP contribution in [0.15, 0.2) is 41.3 Å². The van der Waals surface area contributed by atoms with Crippen molar-refractivity contribution in [2.75, 3.05) is 6.54 Å². The Bertz CT molecular complexity index is 1120. The number of hydrogen-bond donors (Lipinski definition) is 1. The fourth-order valence-electron chi connectivity index (χ4n) is 3.63. The molecule has 0 aliphatic heterocycles. The molecule has 4 rings (SSSR count). The van der Waals surface area contributed by atoms with Crippen molar-refractivity contribution in [1.29, 1.82) is 0 Å². The minimum absolute atomic E-state index is 0.133. The zero-order valence-electron chi connectivity index (χ0n) is 16.8. The molecule has 1 aliphatic rings. The lowest BCUT2D eigenvalue weighted by molar-refractivity contribution is -0.193. The zero-order valence-corrected chi connectivity index (χ0v) is 16.8. The molecule has 3 heterocycles. The van der Waals surface area contributed by atoms with E-state index in [4.69, 9.17) is 4.42 Å². The van der Waals surface area contributed by atoms with Crippen LogP contribution in [0.25, 0.3) is 11.3 Å². The second kappa shape index (κ2) is 8.95. The lowest BCUT2D eigenvalue weighted by Crippen LogP contribution is -2.29. The number of alkyl halides is 3. The third-order valence-electron chi connectivity index (χ3n) is 5.07. The summed E-state index contributed by atoms with van der Waals surface area (Å²) in [5.41, 5.74) is 2.50. The number of fused-ring (bicyclic) bond motifs is 3. The molecular weight excluding hydrogens is 429 g/mol. The Morgan fingerprint density at radius 2 is 2.09 bits per heavy atom. The van der Waals surface area contributed by atoms with Crippen molar-refractivity contribution in [3.63, 3.8) is 0 Å². The van der Waals surface area contributed by atoms with Gasteiger partial charge in [0.2, 0.25) is 0 Å². The van der Waals surface area contributed by atoms with Gasteiger partial charge < -0.3 is 14.5 Å². The molecule has 32 heavy (non-hydrogen) atoms. The van der Waals surface area contributed by atoms with Crippen LogP contribution in [-0.2, 0) is 35.5 Å². The summed E-state index contributed by atoms with van der Waals surface area (Å²) in [6.07, 6.45) is 1.01. The van der Waals surface area contributed by atoms with Gasteiger partial charge in [-0.15, -0.1) is 0 Å². The van der Waals surface area contributed by atoms with Crippen LogP contribution in [0.5, 0.6) is 0 Å². The van der Waals surface area contributed by atoms with E-state index in [9.17, 15) is 22.8 Å². The van der Waals surface area contributed by atoms with Crippen molar-refractivity contribution >= 4 is 11.9 Å². The highest BCUT2D eigenvalue weighted by molar-refractivity contribution is 5.99. The molecule has 0 aromatic carbocycles. The Morgan fingerprint density at radius 1 is 1.25 bits per heavy atom. The van der Waals surface area contributed by atoms with Crippen LogP contribution in [0.3, 0.4) is 0 Å². The molecule has 0 radical (unpaired) electrons. The van der Waals surface area contributed by atoms with E-state index in [0.717, 1.165) is 16.9 Å². The Balaban J connectivity index is 1.55. The number of aryl methyl sites for hydroxylation is 2. The monoisotopic (exact) mass is 448 g/mol. The van der Waals surface area contributed by atoms with Crippen molar-refractivity contribution < 1.29 is 31.9 Å². The number of aromatic nitrogens is 3. The van der Waals surface area contributed by atoms with Gasteiger partial charge in [0, 0.05) is 30.1 Å². The number of carbonyl (C=O) groups excluding carboxylic acids is 2. The molecule has 3 aromatic heterocycles. The summed E-state index contributed by atoms with van der Waals surface area (Å²) in [6.45, 7) is 1.29. The first-order valence-corrected chi connectivity index (χ1v) is 9.94. The predicted molar refractivity (Wildman–Crippen MR) is 104 cm³/mol. The van der Waals surface area contributed by atoms with Gasteiger partial charge in [-0.05, 0) is 49.6 Å². The van der Waals surface area contributed by atoms with Gasteiger partial charge >= 0.3 is 18.1 Å². The van der Waals surface area contributed by atoms with Crippen LogP contribution in [0, 0.1) is 0 Å². The first-order chi connectivity index (χ1) is 15.3. The van der Waals surface area contributed by atoms with E-state index in [1.807, 2.05) is 6.07 Å². The maximum atomic E-state index is 12.6. The summed E-state index contributed by atoms with van der Waals surface area (Å²) in [4.78, 5) is 27.9. The topological polar surface area (TPSA) is 99.2 Å². The van der Waals surface area contributed by atoms with Crippen molar-refractivity contribution in [1.82, 2.24) is 20.1 Å². The van der Waals surface area contributed by atoms with Gasteiger partial charge in [-0.2, -0.15) is 18.3 Å². The van der Waals surface area contributed by atoms with Gasteiger partial charge in [0.15, 0.2) is 5.69 Å². The number of carbonyl (C=O) groups is 2. The number of ether oxygens (including phenoxy) is 1. The van der Waals surface area contributed by atoms with Crippen molar-refractivity contribution in [3.05, 3.63) is 59.4 Å². The molecule has 3 aromatic rings. The molecule has 0 spiro atoms. The van der Waals surface area contributed by atoms with Gasteiger partial charge in [0.25, 0.3) is 0 Å². The Hall–Kier alpha value is -3.47. The number of esters is 2. The number of rotatable bonds is 7. The molecule has 0 bridgehead atoms. The first kappa shape index (κ1) is 21.8. The van der Waals surface area contributed by atoms with E-state index in [1.165, 1.54) is 4.68 Å². The molecule has 1 aliphatic carbocycles. The smallest absolute Gasteiger partial charge is 0.468 e. The third kappa shape index (κ3) is 4.57. The van der Waals surface area contributed by atoms with Gasteiger partial charge in [0.1, 0.15) is 5.76 Å². The normalized spacial score (nSPS) is 12.8. The molecule has 0 saturated carbocycles. The maximum Gasteiger partial charge on any atom is 0.491 e. The molecule has 1 N–H and O–H groups in total. The van der Waals surface area contributed by atoms with Gasteiger partial charge in [-0.3, -0.25) is 9.67 Å². The zero-order chi connectivity index (χ0) is 22.7. The summed E-state index contributed by atoms with van der Waals surface area (Å²) in [5.74, 6) is -3.15. The van der Waals surface area contributed by atoms with Crippen LogP contribution in [0.2, 0.25) is 0 Å². The molecule has 0 fully saturated rings. The van der Waals surface area contributed by atoms with Crippen molar-refractivity contribution in [2.45, 2.75) is 38.5 Å². The van der Waals surface area contributed by atoms with Crippen LogP contribution in [0.1, 0.15) is 33.8 Å². The summed E-state index contributed by atoms with van der Waals surface area (Å²) in [5, 5.41) is 7.65. The van der Waals surface area contributed by atoms with E-state index < -0.39 is 18.1 Å². The van der Waals surface area contributed by atoms with E-state index >= 15 is 0 Å². The number of hydrogen-bond acceptors (Lipinski definition) is 7. The summed E-state index contributed by atoms with van der Waals surface area (Å²) >= 11 is 0. The molecule has 168 valence electrons. The lowest BCUT2D eigenvalue weighted by atomic mass is 9.90. The molecule has 0 saturated heterocycles. The molecule has 0 unspecified atom stereocenters. The molecule has 11 heteroatoms. The van der Waals surface area contributed by atoms with Crippen LogP contribution < -0.4 is 5.32 Å². The van der Waals surface area contributed by atoms with Crippen molar-refractivity contribution in [3.8, 4) is 11.3 Å². The number of nitrogens with zero attached hydrogens (tertiary/aromatic N) is 3. The fourth-order valence-corrected chi connectivity index (χ4v) is 3.63. The number of furan rings is 1. The van der Waals surface area contributed by atoms with E-state index in [-0.39, 0.29) is 12.2 Å². The SMILES string of the molecule is O=C(OC(=O)C(F)(F)F)c1c2c(nn1CCCNCc1ccco1)-c1ccncc1CC2. The quantitative estimate of drug-likeness (QED) is 0.337. The highest BCUT2D eigenvalue weighted by atomic mass is 19.4. The Morgan fingerprint density at radius 3 is 2.84 bits per heavy atom. The summed E-state index contributed by atoms with van der Waals surface area (Å²) < 4.78 is 48.5. The molecule has 0 atom stereocenters. The molecule has 8 nitrogen and oxygen atoms in total. The number of pyridine rings is 1. The Labute approximate surface area is 180 Å². The van der Waals surface area contributed by atoms with E-state index in [2.05, 4.69) is 20.1 Å². The largest absolute Gasteiger partial charge is 0.491 e. The highest BCUT2D eigenvalue weighted by Crippen LogP contribution is 2.34. The van der Waals surface area contributed by atoms with E-state index in [0.29, 0.717) is 43.6 Å². The van der Waals surface area contributed by atoms with Crippen LogP contribution in [0.4, 0.5) is 13.2 Å². The minimum atomic E-state index is -5.27. The number of nitrogens with one attached hydrogen (secondary N) is 1. The second-order valence-electron chi connectivity index (χ2n) is 7.22. The second-order valence-corrected chi connectivity index (χ2v) is 7.22. The van der Waals surface area contributed by atoms with Crippen LogP contribution >= 0.6 is 0 Å². The Kier molecular flexibility index (Phi) is 6.08.